The summed E-state index contributed by atoms with van der Waals surface area (Å²) in [5, 5.41) is 1.79. The van der Waals surface area contributed by atoms with Crippen LogP contribution in [0.3, 0.4) is 0 Å². The van der Waals surface area contributed by atoms with Gasteiger partial charge in [-0.15, -0.1) is 0 Å². The van der Waals surface area contributed by atoms with E-state index < -0.39 is 0 Å². The van der Waals surface area contributed by atoms with Crippen LogP contribution in [0.25, 0.3) is 10.4 Å². The number of benzene rings is 2. The van der Waals surface area contributed by atoms with Crippen LogP contribution in [0.5, 0.6) is 0 Å². The van der Waals surface area contributed by atoms with Crippen LogP contribution in [0.15, 0.2) is 70.6 Å². The lowest BCUT2D eigenvalue weighted by atomic mass is 10.2. The van der Waals surface area contributed by atoms with Crippen LogP contribution in [0.2, 0.25) is 5.02 Å². The molecule has 3 rings (SSSR count). The van der Waals surface area contributed by atoms with Gasteiger partial charge in [-0.3, -0.25) is 0 Å². The largest absolute Gasteiger partial charge is 0.185 e. The van der Waals surface area contributed by atoms with Gasteiger partial charge >= 0.3 is 0 Å². The van der Waals surface area contributed by atoms with Crippen LogP contribution in [-0.2, 0) is 0 Å². The zero-order valence-corrected chi connectivity index (χ0v) is 12.3. The summed E-state index contributed by atoms with van der Waals surface area (Å²) in [6.45, 7) is 0. The predicted octanol–water partition coefficient (Wildman–Crippen LogP) is 5.61. The van der Waals surface area contributed by atoms with Gasteiger partial charge < -0.3 is 0 Å². The van der Waals surface area contributed by atoms with Crippen molar-refractivity contribution < 1.29 is 0 Å². The van der Waals surface area contributed by atoms with Gasteiger partial charge in [-0.1, -0.05) is 53.7 Å². The van der Waals surface area contributed by atoms with Crippen molar-refractivity contribution >= 4 is 34.9 Å². The number of nitrogens with zero attached hydrogens (tertiary/aromatic N) is 1. The highest BCUT2D eigenvalue weighted by Crippen LogP contribution is 2.33. The summed E-state index contributed by atoms with van der Waals surface area (Å²) in [6, 6.07) is 20.2. The number of hydrogen-bond acceptors (Lipinski definition) is 3. The molecule has 0 unspecified atom stereocenters. The van der Waals surface area contributed by atoms with E-state index in [1.54, 1.807) is 11.8 Å². The van der Waals surface area contributed by atoms with E-state index in [1.165, 1.54) is 16.4 Å². The van der Waals surface area contributed by atoms with E-state index in [2.05, 4.69) is 22.6 Å². The van der Waals surface area contributed by atoms with Crippen molar-refractivity contribution in [2.24, 2.45) is 0 Å². The normalized spacial score (nSPS) is 10.6. The van der Waals surface area contributed by atoms with Crippen molar-refractivity contribution in [2.45, 2.75) is 9.92 Å². The summed E-state index contributed by atoms with van der Waals surface area (Å²) in [5.41, 5.74) is 1.15. The first-order chi connectivity index (χ1) is 9.31. The fraction of sp³-hybridized carbons (Fsp3) is 0. The molecule has 0 aliphatic rings. The van der Waals surface area contributed by atoms with E-state index in [4.69, 9.17) is 11.6 Å². The molecule has 0 spiro atoms. The maximum atomic E-state index is 5.90. The molecule has 94 valence electrons. The lowest BCUT2D eigenvalue weighted by molar-refractivity contribution is 1.28. The highest BCUT2D eigenvalue weighted by Gasteiger charge is 2.05. The standard InChI is InChI=1S/C15H10ClNS2/c16-12-8-6-11(7-9-12)14-10-15(17-19-14)18-13-4-2-1-3-5-13/h1-10H. The summed E-state index contributed by atoms with van der Waals surface area (Å²) in [5.74, 6) is 0. The molecule has 0 aliphatic carbocycles. The average Bonchev–Trinajstić information content (AvgIpc) is 2.89. The highest BCUT2D eigenvalue weighted by molar-refractivity contribution is 7.99. The van der Waals surface area contributed by atoms with Crippen molar-refractivity contribution in [1.29, 1.82) is 0 Å². The summed E-state index contributed by atoms with van der Waals surface area (Å²) in [4.78, 5) is 2.37. The molecule has 19 heavy (non-hydrogen) atoms. The van der Waals surface area contributed by atoms with E-state index in [0.29, 0.717) is 0 Å². The van der Waals surface area contributed by atoms with Gasteiger partial charge in [0.2, 0.25) is 0 Å². The Morgan fingerprint density at radius 1 is 0.947 bits per heavy atom. The third-order valence-electron chi connectivity index (χ3n) is 2.58. The number of halogens is 1. The lowest BCUT2D eigenvalue weighted by Crippen LogP contribution is -1.72. The fourth-order valence-corrected chi connectivity index (χ4v) is 3.49. The van der Waals surface area contributed by atoms with Gasteiger partial charge in [-0.25, -0.2) is 0 Å². The Hall–Kier alpha value is -1.29. The summed E-state index contributed by atoms with van der Waals surface area (Å²) in [7, 11) is 0. The molecule has 0 N–H and O–H groups in total. The highest BCUT2D eigenvalue weighted by atomic mass is 35.5. The first-order valence-corrected chi connectivity index (χ1v) is 7.73. The Balaban J connectivity index is 1.82. The molecule has 0 amide bonds. The molecule has 0 atom stereocenters. The van der Waals surface area contributed by atoms with E-state index in [0.717, 1.165) is 20.5 Å². The first kappa shape index (κ1) is 12.7. The monoisotopic (exact) mass is 303 g/mol. The molecule has 1 heterocycles. The zero-order chi connectivity index (χ0) is 13.1. The van der Waals surface area contributed by atoms with Crippen LogP contribution in [0.1, 0.15) is 0 Å². The third kappa shape index (κ3) is 3.18. The maximum Gasteiger partial charge on any atom is 0.115 e. The third-order valence-corrected chi connectivity index (χ3v) is 4.71. The second kappa shape index (κ2) is 5.78. The van der Waals surface area contributed by atoms with E-state index in [9.17, 15) is 0 Å². The Labute approximate surface area is 125 Å². The van der Waals surface area contributed by atoms with Gasteiger partial charge in [0, 0.05) is 9.92 Å². The van der Waals surface area contributed by atoms with Gasteiger partial charge in [0.15, 0.2) is 0 Å². The molecule has 1 nitrogen and oxygen atoms in total. The number of rotatable bonds is 3. The molecule has 0 fully saturated rings. The van der Waals surface area contributed by atoms with E-state index >= 15 is 0 Å². The van der Waals surface area contributed by atoms with Gasteiger partial charge in [-0.05, 0) is 47.4 Å². The molecule has 1 aromatic heterocycles. The molecule has 3 aromatic rings. The SMILES string of the molecule is Clc1ccc(-c2cc(Sc3ccccc3)ns2)cc1. The molecule has 0 radical (unpaired) electrons. The van der Waals surface area contributed by atoms with Crippen LogP contribution >= 0.6 is 34.9 Å². The predicted molar refractivity (Wildman–Crippen MR) is 83.1 cm³/mol. The van der Waals surface area contributed by atoms with Crippen molar-refractivity contribution in [2.75, 3.05) is 0 Å². The Morgan fingerprint density at radius 3 is 2.42 bits per heavy atom. The second-order valence-corrected chi connectivity index (χ2v) is 6.29. The second-order valence-electron chi connectivity index (χ2n) is 3.95. The van der Waals surface area contributed by atoms with Gasteiger partial charge in [0.25, 0.3) is 0 Å². The Morgan fingerprint density at radius 2 is 1.68 bits per heavy atom. The molecular formula is C15H10ClNS2. The van der Waals surface area contributed by atoms with Crippen molar-refractivity contribution in [1.82, 2.24) is 4.37 Å². The molecule has 0 bridgehead atoms. The van der Waals surface area contributed by atoms with E-state index in [1.807, 2.05) is 42.5 Å². The fourth-order valence-electron chi connectivity index (χ4n) is 1.67. The molecule has 0 saturated heterocycles. The first-order valence-electron chi connectivity index (χ1n) is 5.77. The average molecular weight is 304 g/mol. The molecule has 0 aliphatic heterocycles. The molecular weight excluding hydrogens is 294 g/mol. The minimum Gasteiger partial charge on any atom is -0.185 e. The van der Waals surface area contributed by atoms with Crippen LogP contribution in [0, 0.1) is 0 Å². The summed E-state index contributed by atoms with van der Waals surface area (Å²) >= 11 is 9.09. The molecule has 2 aromatic carbocycles. The Kier molecular flexibility index (Phi) is 3.87. The van der Waals surface area contributed by atoms with Crippen molar-refractivity contribution in [3.05, 3.63) is 65.7 Å². The maximum absolute atomic E-state index is 5.90. The Bertz CT molecular complexity index is 662. The smallest absolute Gasteiger partial charge is 0.115 e. The molecule has 4 heteroatoms. The molecule has 0 saturated carbocycles. The quantitative estimate of drug-likeness (QED) is 0.623. The minimum absolute atomic E-state index is 0.757. The van der Waals surface area contributed by atoms with Crippen molar-refractivity contribution in [3.63, 3.8) is 0 Å². The van der Waals surface area contributed by atoms with Crippen LogP contribution in [-0.4, -0.2) is 4.37 Å². The lowest BCUT2D eigenvalue weighted by Gasteiger charge is -1.96. The van der Waals surface area contributed by atoms with Crippen molar-refractivity contribution in [3.8, 4) is 10.4 Å². The topological polar surface area (TPSA) is 12.9 Å². The minimum atomic E-state index is 0.757. The summed E-state index contributed by atoms with van der Waals surface area (Å²) < 4.78 is 4.48. The summed E-state index contributed by atoms with van der Waals surface area (Å²) in [6.07, 6.45) is 0. The number of hydrogen-bond donors (Lipinski definition) is 0. The van der Waals surface area contributed by atoms with Crippen LogP contribution in [0.4, 0.5) is 0 Å². The number of aromatic nitrogens is 1. The van der Waals surface area contributed by atoms with Gasteiger partial charge in [0.1, 0.15) is 5.03 Å². The van der Waals surface area contributed by atoms with Gasteiger partial charge in [-0.2, -0.15) is 4.37 Å². The van der Waals surface area contributed by atoms with Gasteiger partial charge in [0.05, 0.1) is 4.88 Å². The van der Waals surface area contributed by atoms with E-state index in [-0.39, 0.29) is 0 Å². The zero-order valence-electron chi connectivity index (χ0n) is 9.92. The van der Waals surface area contributed by atoms with Crippen LogP contribution < -0.4 is 0 Å².